The van der Waals surface area contributed by atoms with E-state index in [1.807, 2.05) is 0 Å². The number of ether oxygens (including phenoxy) is 1. The number of benzene rings is 1. The van der Waals surface area contributed by atoms with E-state index in [0.717, 1.165) is 6.42 Å². The van der Waals surface area contributed by atoms with E-state index in [9.17, 15) is 13.6 Å². The third kappa shape index (κ3) is 3.66. The minimum absolute atomic E-state index is 0.0606. The highest BCUT2D eigenvalue weighted by Gasteiger charge is 2.25. The van der Waals surface area contributed by atoms with E-state index in [2.05, 4.69) is 4.74 Å². The summed E-state index contributed by atoms with van der Waals surface area (Å²) in [5.74, 6) is 0.322. The van der Waals surface area contributed by atoms with Gasteiger partial charge >= 0.3 is 6.61 Å². The van der Waals surface area contributed by atoms with Crippen LogP contribution in [0.4, 0.5) is 8.78 Å². The van der Waals surface area contributed by atoms with Gasteiger partial charge < -0.3 is 15.4 Å². The summed E-state index contributed by atoms with van der Waals surface area (Å²) < 4.78 is 29.0. The quantitative estimate of drug-likeness (QED) is 0.894. The molecule has 2 N–H and O–H groups in total. The molecular weight excluding hydrogens is 266 g/mol. The molecule has 2 rings (SSSR count). The summed E-state index contributed by atoms with van der Waals surface area (Å²) in [4.78, 5) is 13.9. The zero-order valence-corrected chi connectivity index (χ0v) is 11.1. The Hall–Kier alpha value is -1.69. The standard InChI is InChI=1S/C14H18F2N2O2/c15-14(16)20-12-4-2-1-3-11(12)7-13(19)18-6-5-10(8-17)9-18/h1-4,10,14H,5-9,17H2. The van der Waals surface area contributed by atoms with E-state index in [1.165, 1.54) is 6.07 Å². The summed E-state index contributed by atoms with van der Waals surface area (Å²) in [6, 6.07) is 6.38. The number of amides is 1. The molecular formula is C14H18F2N2O2. The molecule has 0 spiro atoms. The number of carbonyl (C=O) groups is 1. The van der Waals surface area contributed by atoms with Crippen LogP contribution in [0, 0.1) is 5.92 Å². The van der Waals surface area contributed by atoms with Crippen molar-refractivity contribution in [2.75, 3.05) is 19.6 Å². The number of halogens is 2. The molecule has 1 saturated heterocycles. The van der Waals surface area contributed by atoms with Crippen LogP contribution in [0.3, 0.4) is 0 Å². The number of hydrogen-bond acceptors (Lipinski definition) is 3. The zero-order chi connectivity index (χ0) is 14.5. The fourth-order valence-corrected chi connectivity index (χ4v) is 2.39. The smallest absolute Gasteiger partial charge is 0.387 e. The maximum Gasteiger partial charge on any atom is 0.387 e. The summed E-state index contributed by atoms with van der Waals surface area (Å²) in [5.41, 5.74) is 6.07. The van der Waals surface area contributed by atoms with Crippen LogP contribution in [0.15, 0.2) is 24.3 Å². The normalized spacial score (nSPS) is 18.6. The topological polar surface area (TPSA) is 55.6 Å². The third-order valence-corrected chi connectivity index (χ3v) is 3.50. The SMILES string of the molecule is NCC1CCN(C(=O)Cc2ccccc2OC(F)F)C1. The van der Waals surface area contributed by atoms with Crippen molar-refractivity contribution in [2.24, 2.45) is 11.7 Å². The zero-order valence-electron chi connectivity index (χ0n) is 11.1. The van der Waals surface area contributed by atoms with Crippen LogP contribution in [0.1, 0.15) is 12.0 Å². The molecule has 0 radical (unpaired) electrons. The highest BCUT2D eigenvalue weighted by Crippen LogP contribution is 2.23. The van der Waals surface area contributed by atoms with Gasteiger partial charge in [-0.1, -0.05) is 18.2 Å². The Kier molecular flexibility index (Phi) is 4.89. The van der Waals surface area contributed by atoms with Crippen LogP contribution < -0.4 is 10.5 Å². The van der Waals surface area contributed by atoms with Gasteiger partial charge in [-0.25, -0.2) is 0 Å². The lowest BCUT2D eigenvalue weighted by Gasteiger charge is -2.17. The number of alkyl halides is 2. The molecule has 0 bridgehead atoms. The van der Waals surface area contributed by atoms with Crippen LogP contribution >= 0.6 is 0 Å². The van der Waals surface area contributed by atoms with E-state index in [4.69, 9.17) is 5.73 Å². The van der Waals surface area contributed by atoms with Crippen molar-refractivity contribution in [1.29, 1.82) is 0 Å². The Morgan fingerprint density at radius 2 is 2.20 bits per heavy atom. The maximum atomic E-state index is 12.3. The predicted molar refractivity (Wildman–Crippen MR) is 70.5 cm³/mol. The first kappa shape index (κ1) is 14.7. The highest BCUT2D eigenvalue weighted by molar-refractivity contribution is 5.79. The van der Waals surface area contributed by atoms with E-state index in [1.54, 1.807) is 23.1 Å². The fourth-order valence-electron chi connectivity index (χ4n) is 2.39. The van der Waals surface area contributed by atoms with Gasteiger partial charge in [0.05, 0.1) is 6.42 Å². The number of hydrogen-bond donors (Lipinski definition) is 1. The molecule has 6 heteroatoms. The second-order valence-electron chi connectivity index (χ2n) is 4.89. The summed E-state index contributed by atoms with van der Waals surface area (Å²) in [6.45, 7) is -1.000. The molecule has 1 aliphatic rings. The second kappa shape index (κ2) is 6.65. The number of carbonyl (C=O) groups excluding carboxylic acids is 1. The van der Waals surface area contributed by atoms with Crippen molar-refractivity contribution in [2.45, 2.75) is 19.5 Å². The lowest BCUT2D eigenvalue weighted by Crippen LogP contribution is -2.31. The lowest BCUT2D eigenvalue weighted by atomic mass is 10.1. The highest BCUT2D eigenvalue weighted by atomic mass is 19.3. The van der Waals surface area contributed by atoms with E-state index in [0.29, 0.717) is 31.1 Å². The summed E-state index contributed by atoms with van der Waals surface area (Å²) in [7, 11) is 0. The van der Waals surface area contributed by atoms with Crippen molar-refractivity contribution in [3.63, 3.8) is 0 Å². The van der Waals surface area contributed by atoms with Crippen LogP contribution in [0.2, 0.25) is 0 Å². The second-order valence-corrected chi connectivity index (χ2v) is 4.89. The van der Waals surface area contributed by atoms with Gasteiger partial charge in [0, 0.05) is 18.7 Å². The molecule has 20 heavy (non-hydrogen) atoms. The van der Waals surface area contributed by atoms with Gasteiger partial charge in [-0.2, -0.15) is 8.78 Å². The maximum absolute atomic E-state index is 12.3. The van der Waals surface area contributed by atoms with Crippen LogP contribution in [0.25, 0.3) is 0 Å². The van der Waals surface area contributed by atoms with Gasteiger partial charge in [-0.05, 0) is 24.9 Å². The number of nitrogens with zero attached hydrogens (tertiary/aromatic N) is 1. The predicted octanol–water partition coefficient (Wildman–Crippen LogP) is 1.64. The van der Waals surface area contributed by atoms with Gasteiger partial charge in [-0.3, -0.25) is 4.79 Å². The van der Waals surface area contributed by atoms with E-state index in [-0.39, 0.29) is 18.1 Å². The van der Waals surface area contributed by atoms with Gasteiger partial charge in [-0.15, -0.1) is 0 Å². The van der Waals surface area contributed by atoms with Gasteiger partial charge in [0.25, 0.3) is 0 Å². The molecule has 4 nitrogen and oxygen atoms in total. The average molecular weight is 284 g/mol. The summed E-state index contributed by atoms with van der Waals surface area (Å²) >= 11 is 0. The Balaban J connectivity index is 2.01. The number of para-hydroxylation sites is 1. The Bertz CT molecular complexity index is 468. The van der Waals surface area contributed by atoms with E-state index >= 15 is 0 Å². The molecule has 110 valence electrons. The van der Waals surface area contributed by atoms with Gasteiger partial charge in [0.15, 0.2) is 0 Å². The van der Waals surface area contributed by atoms with Crippen molar-refractivity contribution < 1.29 is 18.3 Å². The first-order chi connectivity index (χ1) is 9.60. The monoisotopic (exact) mass is 284 g/mol. The van der Waals surface area contributed by atoms with Crippen molar-refractivity contribution in [1.82, 2.24) is 4.90 Å². The van der Waals surface area contributed by atoms with Crippen LogP contribution in [-0.2, 0) is 11.2 Å². The number of rotatable bonds is 5. The Morgan fingerprint density at radius 3 is 2.85 bits per heavy atom. The molecule has 0 saturated carbocycles. The van der Waals surface area contributed by atoms with Crippen molar-refractivity contribution in [3.05, 3.63) is 29.8 Å². The molecule has 0 aromatic heterocycles. The van der Waals surface area contributed by atoms with Gasteiger partial charge in [0.1, 0.15) is 5.75 Å². The summed E-state index contributed by atoms with van der Waals surface area (Å²) in [6.07, 6.45) is 0.970. The molecule has 1 aliphatic heterocycles. The van der Waals surface area contributed by atoms with Crippen molar-refractivity contribution >= 4 is 5.91 Å². The lowest BCUT2D eigenvalue weighted by molar-refractivity contribution is -0.129. The summed E-state index contributed by atoms with van der Waals surface area (Å²) in [5, 5.41) is 0. The van der Waals surface area contributed by atoms with Crippen molar-refractivity contribution in [3.8, 4) is 5.75 Å². The van der Waals surface area contributed by atoms with Gasteiger partial charge in [0.2, 0.25) is 5.91 Å². The first-order valence-electron chi connectivity index (χ1n) is 6.60. The third-order valence-electron chi connectivity index (χ3n) is 3.50. The van der Waals surface area contributed by atoms with E-state index < -0.39 is 6.61 Å². The first-order valence-corrected chi connectivity index (χ1v) is 6.60. The number of nitrogens with two attached hydrogens (primary N) is 1. The fraction of sp³-hybridized carbons (Fsp3) is 0.500. The Morgan fingerprint density at radius 1 is 1.45 bits per heavy atom. The largest absolute Gasteiger partial charge is 0.435 e. The van der Waals surface area contributed by atoms with Crippen LogP contribution in [-0.4, -0.2) is 37.1 Å². The molecule has 1 aromatic carbocycles. The molecule has 1 unspecified atom stereocenters. The molecule has 1 aromatic rings. The minimum atomic E-state index is -2.89. The molecule has 1 amide bonds. The molecule has 1 heterocycles. The number of likely N-dealkylation sites (tertiary alicyclic amines) is 1. The van der Waals surface area contributed by atoms with Crippen LogP contribution in [0.5, 0.6) is 5.75 Å². The molecule has 0 aliphatic carbocycles. The average Bonchev–Trinajstić information content (AvgIpc) is 2.89. The Labute approximate surface area is 116 Å². The molecule has 1 atom stereocenters. The molecule has 1 fully saturated rings. The minimum Gasteiger partial charge on any atom is -0.435 e.